The molecule has 0 aliphatic heterocycles. The fourth-order valence-corrected chi connectivity index (χ4v) is 1.98. The first-order valence-corrected chi connectivity index (χ1v) is 6.53. The molecular formula is C14H9Cl2F3O. The van der Waals surface area contributed by atoms with E-state index in [4.69, 9.17) is 27.9 Å². The van der Waals surface area contributed by atoms with Gasteiger partial charge in [-0.2, -0.15) is 0 Å². The van der Waals surface area contributed by atoms with E-state index >= 15 is 0 Å². The van der Waals surface area contributed by atoms with Crippen molar-refractivity contribution < 1.29 is 17.9 Å². The van der Waals surface area contributed by atoms with Gasteiger partial charge in [-0.15, -0.1) is 11.6 Å². The Morgan fingerprint density at radius 1 is 0.950 bits per heavy atom. The van der Waals surface area contributed by atoms with Crippen molar-refractivity contribution in [3.8, 4) is 5.75 Å². The van der Waals surface area contributed by atoms with E-state index in [-0.39, 0.29) is 18.1 Å². The summed E-state index contributed by atoms with van der Waals surface area (Å²) >= 11 is 11.2. The summed E-state index contributed by atoms with van der Waals surface area (Å²) in [6.45, 7) is -0.333. The second-order valence-electron chi connectivity index (χ2n) is 4.05. The molecule has 0 N–H and O–H groups in total. The molecule has 20 heavy (non-hydrogen) atoms. The van der Waals surface area contributed by atoms with E-state index in [0.29, 0.717) is 10.6 Å². The molecule has 1 nitrogen and oxygen atoms in total. The zero-order chi connectivity index (χ0) is 14.7. The van der Waals surface area contributed by atoms with Crippen molar-refractivity contribution in [1.29, 1.82) is 0 Å². The fourth-order valence-electron chi connectivity index (χ4n) is 1.63. The molecule has 0 aliphatic rings. The van der Waals surface area contributed by atoms with Crippen molar-refractivity contribution in [3.63, 3.8) is 0 Å². The summed E-state index contributed by atoms with van der Waals surface area (Å²) in [4.78, 5) is 0. The number of hydrogen-bond acceptors (Lipinski definition) is 1. The predicted octanol–water partition coefficient (Wildman–Crippen LogP) is 5.08. The van der Waals surface area contributed by atoms with Gasteiger partial charge in [0.05, 0.1) is 0 Å². The Labute approximate surface area is 123 Å². The molecule has 0 aromatic heterocycles. The Kier molecular flexibility index (Phi) is 4.78. The van der Waals surface area contributed by atoms with Gasteiger partial charge in [-0.1, -0.05) is 11.6 Å². The van der Waals surface area contributed by atoms with Gasteiger partial charge in [-0.25, -0.2) is 13.2 Å². The van der Waals surface area contributed by atoms with Crippen molar-refractivity contribution in [2.45, 2.75) is 12.5 Å². The van der Waals surface area contributed by atoms with Crippen LogP contribution in [0.4, 0.5) is 13.2 Å². The molecule has 2 aromatic rings. The topological polar surface area (TPSA) is 9.23 Å². The van der Waals surface area contributed by atoms with Crippen molar-refractivity contribution in [3.05, 3.63) is 63.9 Å². The van der Waals surface area contributed by atoms with Crippen LogP contribution >= 0.6 is 23.2 Å². The molecule has 0 fully saturated rings. The van der Waals surface area contributed by atoms with E-state index in [9.17, 15) is 13.2 Å². The average Bonchev–Trinajstić information content (AvgIpc) is 2.41. The number of rotatable bonds is 4. The third-order valence-electron chi connectivity index (χ3n) is 2.59. The zero-order valence-corrected chi connectivity index (χ0v) is 11.6. The lowest BCUT2D eigenvalue weighted by atomic mass is 10.2. The van der Waals surface area contributed by atoms with Gasteiger partial charge < -0.3 is 4.74 Å². The Morgan fingerprint density at radius 3 is 2.20 bits per heavy atom. The molecular weight excluding hydrogens is 312 g/mol. The van der Waals surface area contributed by atoms with E-state index in [1.54, 1.807) is 0 Å². The molecule has 0 heterocycles. The summed E-state index contributed by atoms with van der Waals surface area (Å²) in [5, 5.41) is 0.309. The Morgan fingerprint density at radius 2 is 1.60 bits per heavy atom. The number of halogens is 5. The molecule has 0 spiro atoms. The largest absolute Gasteiger partial charge is 0.483 e. The van der Waals surface area contributed by atoms with Gasteiger partial charge in [0, 0.05) is 16.5 Å². The second-order valence-corrected chi connectivity index (χ2v) is 4.75. The lowest BCUT2D eigenvalue weighted by Gasteiger charge is -2.10. The van der Waals surface area contributed by atoms with Gasteiger partial charge in [0.1, 0.15) is 12.4 Å². The highest BCUT2D eigenvalue weighted by molar-refractivity contribution is 6.30. The summed E-state index contributed by atoms with van der Waals surface area (Å²) in [7, 11) is 0. The van der Waals surface area contributed by atoms with Crippen LogP contribution in [0.1, 0.15) is 11.1 Å². The molecule has 2 rings (SSSR count). The maximum Gasteiger partial charge on any atom is 0.191 e. The smallest absolute Gasteiger partial charge is 0.191 e. The Bertz CT molecular complexity index is 609. The van der Waals surface area contributed by atoms with E-state index in [0.717, 1.165) is 18.2 Å². The first-order chi connectivity index (χ1) is 9.51. The van der Waals surface area contributed by atoms with Crippen LogP contribution in [0.25, 0.3) is 0 Å². The molecule has 0 aliphatic carbocycles. The van der Waals surface area contributed by atoms with Crippen LogP contribution in [0.5, 0.6) is 5.75 Å². The van der Waals surface area contributed by atoms with Gasteiger partial charge in [-0.05, 0) is 35.9 Å². The standard InChI is InChI=1S/C14H9Cl2F3O/c15-6-8-3-12(18)14(13(19)4-8)20-7-9-5-10(16)1-2-11(9)17/h1-5H,6-7H2. The summed E-state index contributed by atoms with van der Waals surface area (Å²) < 4.78 is 45.7. The van der Waals surface area contributed by atoms with Crippen molar-refractivity contribution >= 4 is 23.2 Å². The Balaban J connectivity index is 2.21. The highest BCUT2D eigenvalue weighted by atomic mass is 35.5. The normalized spacial score (nSPS) is 10.7. The molecule has 6 heteroatoms. The highest BCUT2D eigenvalue weighted by Gasteiger charge is 2.13. The van der Waals surface area contributed by atoms with E-state index < -0.39 is 23.2 Å². The van der Waals surface area contributed by atoms with Crippen LogP contribution in [0.2, 0.25) is 5.02 Å². The molecule has 0 radical (unpaired) electrons. The molecule has 0 amide bonds. The summed E-state index contributed by atoms with van der Waals surface area (Å²) in [6, 6.07) is 6.00. The number of hydrogen-bond donors (Lipinski definition) is 0. The SMILES string of the molecule is Fc1ccc(Cl)cc1COc1c(F)cc(CCl)cc1F. The van der Waals surface area contributed by atoms with Gasteiger partial charge in [-0.3, -0.25) is 0 Å². The summed E-state index contributed by atoms with van der Waals surface area (Å²) in [5.41, 5.74) is 0.403. The van der Waals surface area contributed by atoms with Gasteiger partial charge in [0.15, 0.2) is 17.4 Å². The van der Waals surface area contributed by atoms with E-state index in [2.05, 4.69) is 0 Å². The maximum atomic E-state index is 13.6. The monoisotopic (exact) mass is 320 g/mol. The summed E-state index contributed by atoms with van der Waals surface area (Å²) in [5.74, 6) is -2.92. The Hall–Kier alpha value is -1.39. The minimum Gasteiger partial charge on any atom is -0.483 e. The van der Waals surface area contributed by atoms with E-state index in [1.165, 1.54) is 12.1 Å². The van der Waals surface area contributed by atoms with Crippen LogP contribution in [0, 0.1) is 17.5 Å². The van der Waals surface area contributed by atoms with Gasteiger partial charge >= 0.3 is 0 Å². The highest BCUT2D eigenvalue weighted by Crippen LogP contribution is 2.26. The first-order valence-electron chi connectivity index (χ1n) is 5.62. The molecule has 0 atom stereocenters. The van der Waals surface area contributed by atoms with Crippen molar-refractivity contribution in [2.24, 2.45) is 0 Å². The molecule has 2 aromatic carbocycles. The fraction of sp³-hybridized carbons (Fsp3) is 0.143. The van der Waals surface area contributed by atoms with Gasteiger partial charge in [0.25, 0.3) is 0 Å². The van der Waals surface area contributed by atoms with Crippen molar-refractivity contribution in [1.82, 2.24) is 0 Å². The maximum absolute atomic E-state index is 13.6. The predicted molar refractivity (Wildman–Crippen MR) is 71.7 cm³/mol. The molecule has 0 unspecified atom stereocenters. The van der Waals surface area contributed by atoms with Crippen LogP contribution in [0.3, 0.4) is 0 Å². The van der Waals surface area contributed by atoms with Gasteiger partial charge in [0.2, 0.25) is 0 Å². The molecule has 0 bridgehead atoms. The lowest BCUT2D eigenvalue weighted by Crippen LogP contribution is -2.02. The molecule has 0 saturated carbocycles. The lowest BCUT2D eigenvalue weighted by molar-refractivity contribution is 0.269. The quantitative estimate of drug-likeness (QED) is 0.714. The van der Waals surface area contributed by atoms with Crippen LogP contribution in [0.15, 0.2) is 30.3 Å². The number of benzene rings is 2. The second kappa shape index (κ2) is 6.37. The number of alkyl halides is 1. The van der Waals surface area contributed by atoms with Crippen LogP contribution in [-0.2, 0) is 12.5 Å². The van der Waals surface area contributed by atoms with Crippen LogP contribution in [-0.4, -0.2) is 0 Å². The van der Waals surface area contributed by atoms with Crippen LogP contribution < -0.4 is 4.74 Å². The van der Waals surface area contributed by atoms with E-state index in [1.807, 2.05) is 0 Å². The third-order valence-corrected chi connectivity index (χ3v) is 3.14. The zero-order valence-electron chi connectivity index (χ0n) is 10.1. The summed E-state index contributed by atoms with van der Waals surface area (Å²) in [6.07, 6.45) is 0. The third kappa shape index (κ3) is 3.38. The first kappa shape index (κ1) is 15.0. The molecule has 106 valence electrons. The molecule has 0 saturated heterocycles. The average molecular weight is 321 g/mol. The minimum atomic E-state index is -0.886. The minimum absolute atomic E-state index is 0.0168. The number of ether oxygens (including phenoxy) is 1. The van der Waals surface area contributed by atoms with Crippen molar-refractivity contribution in [2.75, 3.05) is 0 Å².